The predicted octanol–water partition coefficient (Wildman–Crippen LogP) is 0.562. The van der Waals surface area contributed by atoms with E-state index in [-0.39, 0.29) is 6.61 Å². The van der Waals surface area contributed by atoms with E-state index in [2.05, 4.69) is 16.4 Å². The maximum absolute atomic E-state index is 8.87. The van der Waals surface area contributed by atoms with Crippen LogP contribution in [0.4, 0.5) is 0 Å². The third kappa shape index (κ3) is 4.22. The van der Waals surface area contributed by atoms with Crippen LogP contribution < -0.4 is 0 Å². The highest BCUT2D eigenvalue weighted by Crippen LogP contribution is 2.06. The Morgan fingerprint density at radius 1 is 1.29 bits per heavy atom. The Balaban J connectivity index is 2.13. The molecule has 3 heteroatoms. The minimum absolute atomic E-state index is 0.244. The van der Waals surface area contributed by atoms with Crippen molar-refractivity contribution in [3.05, 3.63) is 12.7 Å². The lowest BCUT2D eigenvalue weighted by Gasteiger charge is -2.23. The van der Waals surface area contributed by atoms with Gasteiger partial charge in [0.25, 0.3) is 0 Å². The average molecular weight is 198 g/mol. The number of likely N-dealkylation sites (tertiary alicyclic amines) is 1. The molecule has 14 heavy (non-hydrogen) atoms. The van der Waals surface area contributed by atoms with Crippen molar-refractivity contribution in [1.82, 2.24) is 9.80 Å². The first kappa shape index (κ1) is 11.7. The van der Waals surface area contributed by atoms with Gasteiger partial charge in [-0.2, -0.15) is 0 Å². The lowest BCUT2D eigenvalue weighted by atomic mass is 10.4. The molecule has 0 radical (unpaired) electrons. The zero-order chi connectivity index (χ0) is 10.2. The number of aliphatic hydroxyl groups excluding tert-OH is 1. The molecule has 0 spiro atoms. The molecule has 1 aliphatic heterocycles. The van der Waals surface area contributed by atoms with Crippen LogP contribution >= 0.6 is 0 Å². The van der Waals surface area contributed by atoms with E-state index in [1.165, 1.54) is 25.9 Å². The summed E-state index contributed by atoms with van der Waals surface area (Å²) in [4.78, 5) is 4.73. The molecule has 3 nitrogen and oxygen atoms in total. The summed E-state index contributed by atoms with van der Waals surface area (Å²) in [6, 6.07) is 0. The molecule has 1 saturated heterocycles. The van der Waals surface area contributed by atoms with Gasteiger partial charge < -0.3 is 10.0 Å². The van der Waals surface area contributed by atoms with Crippen LogP contribution in [-0.4, -0.2) is 60.8 Å². The third-order valence-electron chi connectivity index (χ3n) is 2.73. The van der Waals surface area contributed by atoms with Gasteiger partial charge in [-0.1, -0.05) is 6.08 Å². The first-order chi connectivity index (χ1) is 6.86. The standard InChI is InChI=1S/C11H22N2O/c1-2-5-12(10-11-14)8-9-13-6-3-4-7-13/h2,14H,1,3-11H2. The second-order valence-corrected chi connectivity index (χ2v) is 3.86. The van der Waals surface area contributed by atoms with Crippen molar-refractivity contribution < 1.29 is 5.11 Å². The zero-order valence-electron chi connectivity index (χ0n) is 8.99. The molecule has 82 valence electrons. The first-order valence-electron chi connectivity index (χ1n) is 5.53. The molecule has 0 bridgehead atoms. The Morgan fingerprint density at radius 2 is 2.00 bits per heavy atom. The van der Waals surface area contributed by atoms with Crippen LogP contribution in [0, 0.1) is 0 Å². The van der Waals surface area contributed by atoms with E-state index in [1.54, 1.807) is 0 Å². The number of nitrogens with zero attached hydrogens (tertiary/aromatic N) is 2. The normalized spacial score (nSPS) is 17.9. The van der Waals surface area contributed by atoms with Gasteiger partial charge in [-0.15, -0.1) is 6.58 Å². The highest BCUT2D eigenvalue weighted by Gasteiger charge is 2.12. The van der Waals surface area contributed by atoms with E-state index in [0.29, 0.717) is 0 Å². The SMILES string of the molecule is C=CCN(CCO)CCN1CCCC1. The van der Waals surface area contributed by atoms with Crippen molar-refractivity contribution in [2.45, 2.75) is 12.8 Å². The summed E-state index contributed by atoms with van der Waals surface area (Å²) in [5.41, 5.74) is 0. The molecule has 0 saturated carbocycles. The molecule has 0 atom stereocenters. The third-order valence-corrected chi connectivity index (χ3v) is 2.73. The number of rotatable bonds is 7. The molecule has 0 aromatic carbocycles. The predicted molar refractivity (Wildman–Crippen MR) is 59.4 cm³/mol. The van der Waals surface area contributed by atoms with Crippen molar-refractivity contribution in [2.24, 2.45) is 0 Å². The fourth-order valence-electron chi connectivity index (χ4n) is 1.91. The average Bonchev–Trinajstić information content (AvgIpc) is 2.67. The molecular formula is C11H22N2O. The van der Waals surface area contributed by atoms with Crippen LogP contribution in [0.1, 0.15) is 12.8 Å². The summed E-state index contributed by atoms with van der Waals surface area (Å²) in [7, 11) is 0. The number of aliphatic hydroxyl groups is 1. The minimum atomic E-state index is 0.244. The van der Waals surface area contributed by atoms with E-state index in [0.717, 1.165) is 26.2 Å². The summed E-state index contributed by atoms with van der Waals surface area (Å²) in [5, 5.41) is 8.87. The largest absolute Gasteiger partial charge is 0.395 e. The van der Waals surface area contributed by atoms with Crippen LogP contribution in [0.3, 0.4) is 0 Å². The second-order valence-electron chi connectivity index (χ2n) is 3.86. The van der Waals surface area contributed by atoms with E-state index < -0.39 is 0 Å². The Kier molecular flexibility index (Phi) is 5.83. The molecule has 0 aromatic heterocycles. The van der Waals surface area contributed by atoms with Crippen LogP contribution in [0.15, 0.2) is 12.7 Å². The summed E-state index contributed by atoms with van der Waals surface area (Å²) in [6.07, 6.45) is 4.60. The van der Waals surface area contributed by atoms with Gasteiger partial charge in [0.2, 0.25) is 0 Å². The van der Waals surface area contributed by atoms with Crippen LogP contribution in [0.2, 0.25) is 0 Å². The molecule has 1 aliphatic rings. The van der Waals surface area contributed by atoms with Gasteiger partial charge in [0, 0.05) is 26.2 Å². The van der Waals surface area contributed by atoms with Crippen LogP contribution in [-0.2, 0) is 0 Å². The molecule has 1 rings (SSSR count). The van der Waals surface area contributed by atoms with Gasteiger partial charge in [0.15, 0.2) is 0 Å². The van der Waals surface area contributed by atoms with Crippen LogP contribution in [0.5, 0.6) is 0 Å². The van der Waals surface area contributed by atoms with Crippen molar-refractivity contribution >= 4 is 0 Å². The van der Waals surface area contributed by atoms with E-state index >= 15 is 0 Å². The number of hydrogen-bond acceptors (Lipinski definition) is 3. The van der Waals surface area contributed by atoms with E-state index in [9.17, 15) is 0 Å². The highest BCUT2D eigenvalue weighted by atomic mass is 16.3. The molecule has 0 aliphatic carbocycles. The molecule has 1 fully saturated rings. The maximum atomic E-state index is 8.87. The Bertz CT molecular complexity index is 155. The molecule has 0 aromatic rings. The molecule has 0 unspecified atom stereocenters. The van der Waals surface area contributed by atoms with Gasteiger partial charge in [-0.25, -0.2) is 0 Å². The van der Waals surface area contributed by atoms with Crippen molar-refractivity contribution in [2.75, 3.05) is 45.9 Å². The topological polar surface area (TPSA) is 26.7 Å². The summed E-state index contributed by atoms with van der Waals surface area (Å²) >= 11 is 0. The summed E-state index contributed by atoms with van der Waals surface area (Å²) in [5.74, 6) is 0. The smallest absolute Gasteiger partial charge is 0.0558 e. The fourth-order valence-corrected chi connectivity index (χ4v) is 1.91. The van der Waals surface area contributed by atoms with Crippen molar-refractivity contribution in [3.63, 3.8) is 0 Å². The molecule has 1 N–H and O–H groups in total. The van der Waals surface area contributed by atoms with Gasteiger partial charge in [0.1, 0.15) is 0 Å². The lowest BCUT2D eigenvalue weighted by molar-refractivity contribution is 0.189. The number of hydrogen-bond donors (Lipinski definition) is 1. The van der Waals surface area contributed by atoms with E-state index in [1.807, 2.05) is 6.08 Å². The molecular weight excluding hydrogens is 176 g/mol. The van der Waals surface area contributed by atoms with Crippen molar-refractivity contribution in [1.29, 1.82) is 0 Å². The van der Waals surface area contributed by atoms with Crippen LogP contribution in [0.25, 0.3) is 0 Å². The summed E-state index contributed by atoms with van der Waals surface area (Å²) < 4.78 is 0. The fraction of sp³-hybridized carbons (Fsp3) is 0.818. The first-order valence-corrected chi connectivity index (χ1v) is 5.53. The Labute approximate surface area is 87.0 Å². The van der Waals surface area contributed by atoms with Gasteiger partial charge >= 0.3 is 0 Å². The van der Waals surface area contributed by atoms with Gasteiger partial charge in [-0.05, 0) is 25.9 Å². The second kappa shape index (κ2) is 6.98. The maximum Gasteiger partial charge on any atom is 0.0558 e. The minimum Gasteiger partial charge on any atom is -0.395 e. The zero-order valence-corrected chi connectivity index (χ0v) is 8.99. The molecule has 0 amide bonds. The van der Waals surface area contributed by atoms with Crippen molar-refractivity contribution in [3.8, 4) is 0 Å². The Hall–Kier alpha value is -0.380. The van der Waals surface area contributed by atoms with Gasteiger partial charge in [0.05, 0.1) is 6.61 Å². The highest BCUT2D eigenvalue weighted by molar-refractivity contribution is 4.75. The monoisotopic (exact) mass is 198 g/mol. The quantitative estimate of drug-likeness (QED) is 0.606. The van der Waals surface area contributed by atoms with Gasteiger partial charge in [-0.3, -0.25) is 4.90 Å². The van der Waals surface area contributed by atoms with E-state index in [4.69, 9.17) is 5.11 Å². The molecule has 1 heterocycles. The lowest BCUT2D eigenvalue weighted by Crippen LogP contribution is -2.35. The summed E-state index contributed by atoms with van der Waals surface area (Å²) in [6.45, 7) is 10.3. The Morgan fingerprint density at radius 3 is 2.57 bits per heavy atom.